The van der Waals surface area contributed by atoms with E-state index in [9.17, 15) is 13.0 Å². The van der Waals surface area contributed by atoms with Crippen molar-refractivity contribution in [1.82, 2.24) is 0 Å². The first-order valence-electron chi connectivity index (χ1n) is 11.0. The molecule has 0 saturated carbocycles. The van der Waals surface area contributed by atoms with Gasteiger partial charge in [0.1, 0.15) is 4.90 Å². The minimum absolute atomic E-state index is 0. The molecule has 0 aromatic heterocycles. The van der Waals surface area contributed by atoms with Crippen LogP contribution in [0.5, 0.6) is 0 Å². The van der Waals surface area contributed by atoms with Crippen LogP contribution in [0.3, 0.4) is 0 Å². The van der Waals surface area contributed by atoms with Crippen LogP contribution in [-0.2, 0) is 16.5 Å². The quantitative estimate of drug-likeness (QED) is 0.190. The summed E-state index contributed by atoms with van der Waals surface area (Å²) in [6.45, 7) is 2.25. The minimum atomic E-state index is -4.23. The third kappa shape index (κ3) is 9.69. The van der Waals surface area contributed by atoms with Gasteiger partial charge in [0.15, 0.2) is 0 Å². The third-order valence-corrected chi connectivity index (χ3v) is 6.52. The maximum atomic E-state index is 11.9. The molecule has 0 aliphatic carbocycles. The van der Waals surface area contributed by atoms with Gasteiger partial charge in [-0.1, -0.05) is 114 Å². The van der Waals surface area contributed by atoms with Gasteiger partial charge >= 0.3 is 37.7 Å². The number of hydrogen-bond acceptors (Lipinski definition) is 2. The van der Waals surface area contributed by atoms with E-state index in [4.69, 9.17) is 0 Å². The van der Waals surface area contributed by atoms with Crippen LogP contribution in [0.4, 0.5) is 0 Å². The molecule has 2 aromatic carbocycles. The molecule has 0 saturated heterocycles. The Kier molecular flexibility index (Phi) is 13.7. The van der Waals surface area contributed by atoms with Gasteiger partial charge in [-0.2, -0.15) is 8.42 Å². The van der Waals surface area contributed by atoms with Gasteiger partial charge in [-0.15, -0.1) is 0 Å². The third-order valence-electron chi connectivity index (χ3n) is 5.52. The number of fused-ring (bicyclic) bond motifs is 1. The molecule has 0 bridgehead atoms. The van der Waals surface area contributed by atoms with Crippen molar-refractivity contribution >= 4 is 58.6 Å². The smallest absolute Gasteiger partial charge is 1.00 e. The van der Waals surface area contributed by atoms with Crippen molar-refractivity contribution in [2.75, 3.05) is 0 Å². The number of rotatable bonds is 14. The van der Waals surface area contributed by atoms with Gasteiger partial charge < -0.3 is 2.85 Å². The standard InChI is InChI=1S/C24H36O3S.Ca.2H/c1-2-3-4-5-6-7-8-9-10-11-12-13-17-22-20-19-21-16-14-15-18-23(21)24(22)28(25,26)27;;;/h14-16,18-20H,2-13,17H2,1H3,(H,25,26,27);;;/q;+2;2*-1. The second kappa shape index (κ2) is 14.8. The molecule has 0 heterocycles. The topological polar surface area (TPSA) is 54.4 Å². The molecule has 5 heteroatoms. The molecule has 0 amide bonds. The van der Waals surface area contributed by atoms with Crippen molar-refractivity contribution in [3.05, 3.63) is 42.0 Å². The fourth-order valence-electron chi connectivity index (χ4n) is 3.95. The van der Waals surface area contributed by atoms with Crippen LogP contribution in [0.25, 0.3) is 10.8 Å². The summed E-state index contributed by atoms with van der Waals surface area (Å²) in [5, 5.41) is 1.45. The summed E-state index contributed by atoms with van der Waals surface area (Å²) in [5.41, 5.74) is 0.730. The average Bonchev–Trinajstić information content (AvgIpc) is 2.67. The van der Waals surface area contributed by atoms with Crippen molar-refractivity contribution in [2.24, 2.45) is 0 Å². The van der Waals surface area contributed by atoms with Gasteiger partial charge in [-0.05, 0) is 23.8 Å². The molecule has 1 N–H and O–H groups in total. The minimum Gasteiger partial charge on any atom is -1.00 e. The summed E-state index contributed by atoms with van der Waals surface area (Å²) in [6.07, 6.45) is 16.0. The summed E-state index contributed by atoms with van der Waals surface area (Å²) >= 11 is 0. The molecule has 0 aliphatic heterocycles. The average molecular weight is 447 g/mol. The summed E-state index contributed by atoms with van der Waals surface area (Å²) in [5.74, 6) is 0. The fraction of sp³-hybridized carbons (Fsp3) is 0.583. The molecule has 0 atom stereocenters. The van der Waals surface area contributed by atoms with Crippen molar-refractivity contribution in [2.45, 2.75) is 95.3 Å². The summed E-state index contributed by atoms with van der Waals surface area (Å²) in [7, 11) is -4.23. The van der Waals surface area contributed by atoms with Gasteiger partial charge in [0.05, 0.1) is 0 Å². The Hall–Kier alpha value is -0.130. The van der Waals surface area contributed by atoms with E-state index in [-0.39, 0.29) is 45.5 Å². The molecule has 160 valence electrons. The van der Waals surface area contributed by atoms with E-state index < -0.39 is 10.1 Å². The van der Waals surface area contributed by atoms with Crippen LogP contribution in [0.2, 0.25) is 0 Å². The van der Waals surface area contributed by atoms with Crippen LogP contribution in [0.1, 0.15) is 92.4 Å². The van der Waals surface area contributed by atoms with E-state index in [1.807, 2.05) is 30.3 Å². The zero-order valence-corrected chi connectivity index (χ0v) is 21.1. The van der Waals surface area contributed by atoms with Crippen molar-refractivity contribution in [3.8, 4) is 0 Å². The van der Waals surface area contributed by atoms with E-state index in [1.54, 1.807) is 6.07 Å². The van der Waals surface area contributed by atoms with E-state index in [2.05, 4.69) is 6.92 Å². The molecule has 0 aliphatic rings. The fourth-order valence-corrected chi connectivity index (χ4v) is 4.91. The largest absolute Gasteiger partial charge is 2.00 e. The second-order valence-electron chi connectivity index (χ2n) is 7.89. The Labute approximate surface area is 210 Å². The van der Waals surface area contributed by atoms with Crippen LogP contribution >= 0.6 is 0 Å². The van der Waals surface area contributed by atoms with Crippen LogP contribution in [0.15, 0.2) is 41.3 Å². The molecule has 0 radical (unpaired) electrons. The van der Waals surface area contributed by atoms with Gasteiger partial charge in [0.2, 0.25) is 0 Å². The first kappa shape index (κ1) is 26.9. The van der Waals surface area contributed by atoms with Crippen molar-refractivity contribution in [1.29, 1.82) is 0 Å². The van der Waals surface area contributed by atoms with Crippen molar-refractivity contribution in [3.63, 3.8) is 0 Å². The van der Waals surface area contributed by atoms with Crippen LogP contribution < -0.4 is 0 Å². The molecular formula is C24H38CaO3S. The molecule has 2 rings (SSSR count). The molecule has 0 unspecified atom stereocenters. The Morgan fingerprint density at radius 3 is 1.83 bits per heavy atom. The first-order valence-corrected chi connectivity index (χ1v) is 12.5. The Morgan fingerprint density at radius 1 is 0.759 bits per heavy atom. The number of benzene rings is 2. The number of unbranched alkanes of at least 4 members (excludes halogenated alkanes) is 11. The maximum Gasteiger partial charge on any atom is 2.00 e. The van der Waals surface area contributed by atoms with Crippen LogP contribution in [0, 0.1) is 0 Å². The molecular weight excluding hydrogens is 408 g/mol. The summed E-state index contributed by atoms with van der Waals surface area (Å²) in [6, 6.07) is 11.1. The Balaban J connectivity index is 0. The second-order valence-corrected chi connectivity index (χ2v) is 9.25. The monoisotopic (exact) mass is 446 g/mol. The summed E-state index contributed by atoms with van der Waals surface area (Å²) < 4.78 is 33.6. The van der Waals surface area contributed by atoms with Crippen molar-refractivity contribution < 1.29 is 15.8 Å². The maximum absolute atomic E-state index is 11.9. The van der Waals surface area contributed by atoms with Crippen LogP contribution in [-0.4, -0.2) is 50.7 Å². The normalized spacial score (nSPS) is 11.5. The molecule has 2 aromatic rings. The SMILES string of the molecule is CCCCCCCCCCCCCCc1ccc2ccccc2c1S(=O)(=O)O.[Ca+2].[H-].[H-]. The van der Waals surface area contributed by atoms with Gasteiger partial charge in [0.25, 0.3) is 10.1 Å². The molecule has 29 heavy (non-hydrogen) atoms. The zero-order valence-electron chi connectivity index (χ0n) is 20.0. The zero-order chi connectivity index (χ0) is 20.2. The van der Waals surface area contributed by atoms with E-state index in [0.29, 0.717) is 11.8 Å². The molecule has 0 spiro atoms. The Morgan fingerprint density at radius 2 is 1.28 bits per heavy atom. The molecule has 3 nitrogen and oxygen atoms in total. The Bertz CT molecular complexity index is 829. The first-order chi connectivity index (χ1) is 13.5. The molecule has 0 fully saturated rings. The number of hydrogen-bond donors (Lipinski definition) is 1. The van der Waals surface area contributed by atoms with Gasteiger partial charge in [0, 0.05) is 5.39 Å². The van der Waals surface area contributed by atoms with E-state index >= 15 is 0 Å². The predicted octanol–water partition coefficient (Wildman–Crippen LogP) is 7.17. The predicted molar refractivity (Wildman–Crippen MR) is 127 cm³/mol. The number of aryl methyl sites for hydroxylation is 1. The van der Waals surface area contributed by atoms with Gasteiger partial charge in [-0.3, -0.25) is 4.55 Å². The summed E-state index contributed by atoms with van der Waals surface area (Å²) in [4.78, 5) is 0.0914. The van der Waals surface area contributed by atoms with E-state index in [1.165, 1.54) is 64.2 Å². The van der Waals surface area contributed by atoms with Gasteiger partial charge in [-0.25, -0.2) is 0 Å². The van der Waals surface area contributed by atoms with E-state index in [0.717, 1.165) is 23.8 Å².